The summed E-state index contributed by atoms with van der Waals surface area (Å²) in [5, 5.41) is 9.73. The van der Waals surface area contributed by atoms with E-state index in [9.17, 15) is 18.0 Å². The van der Waals surface area contributed by atoms with Gasteiger partial charge in [-0.3, -0.25) is 9.48 Å². The summed E-state index contributed by atoms with van der Waals surface area (Å²) in [6, 6.07) is 7.99. The number of anilines is 1. The van der Waals surface area contributed by atoms with Crippen LogP contribution in [-0.4, -0.2) is 28.8 Å². The molecule has 2 rings (SSSR count). The molecule has 0 saturated carbocycles. The number of aryl methyl sites for hydroxylation is 1. The maximum absolute atomic E-state index is 12.6. The van der Waals surface area contributed by atoms with Crippen LogP contribution in [0.3, 0.4) is 0 Å². The number of nitrogens with one attached hydrogen (secondary N) is 2. The van der Waals surface area contributed by atoms with Crippen molar-refractivity contribution in [1.82, 2.24) is 15.1 Å². The van der Waals surface area contributed by atoms with Gasteiger partial charge in [-0.2, -0.15) is 18.3 Å². The van der Waals surface area contributed by atoms with Crippen LogP contribution in [0.4, 0.5) is 18.9 Å². The van der Waals surface area contributed by atoms with Crippen molar-refractivity contribution >= 4 is 23.2 Å². The summed E-state index contributed by atoms with van der Waals surface area (Å²) in [6.45, 7) is 2.01. The molecule has 0 spiro atoms. The maximum Gasteiger partial charge on any atom is 0.435 e. The van der Waals surface area contributed by atoms with Crippen molar-refractivity contribution in [2.24, 2.45) is 0 Å². The van der Waals surface area contributed by atoms with Gasteiger partial charge in [-0.15, -0.1) is 0 Å². The van der Waals surface area contributed by atoms with Crippen LogP contribution in [0.15, 0.2) is 30.3 Å². The van der Waals surface area contributed by atoms with Crippen molar-refractivity contribution in [2.45, 2.75) is 19.6 Å². The highest BCUT2D eigenvalue weighted by Crippen LogP contribution is 2.28. The number of benzene rings is 1. The Kier molecular flexibility index (Phi) is 5.71. The number of halogens is 4. The van der Waals surface area contributed by atoms with Crippen molar-refractivity contribution in [3.8, 4) is 0 Å². The first-order valence-corrected chi connectivity index (χ1v) is 7.51. The van der Waals surface area contributed by atoms with Gasteiger partial charge in [0.2, 0.25) is 5.91 Å². The van der Waals surface area contributed by atoms with E-state index < -0.39 is 17.8 Å². The monoisotopic (exact) mass is 360 g/mol. The number of carbonyl (C=O) groups excluding carboxylic acids is 1. The molecule has 130 valence electrons. The third kappa shape index (κ3) is 5.16. The molecule has 0 atom stereocenters. The van der Waals surface area contributed by atoms with Crippen LogP contribution < -0.4 is 10.6 Å². The third-order valence-electron chi connectivity index (χ3n) is 3.19. The quantitative estimate of drug-likeness (QED) is 0.778. The van der Waals surface area contributed by atoms with Crippen LogP contribution in [0.25, 0.3) is 0 Å². The first-order valence-electron chi connectivity index (χ1n) is 7.13. The molecule has 2 aromatic rings. The number of hydrogen-bond donors (Lipinski definition) is 2. The smallest absolute Gasteiger partial charge is 0.383 e. The molecule has 0 bridgehead atoms. The highest BCUT2D eigenvalue weighted by atomic mass is 35.5. The van der Waals surface area contributed by atoms with Crippen LogP contribution in [0.2, 0.25) is 5.02 Å². The minimum absolute atomic E-state index is 0.261. The highest BCUT2D eigenvalue weighted by Gasteiger charge is 2.34. The van der Waals surface area contributed by atoms with Crippen molar-refractivity contribution < 1.29 is 18.0 Å². The molecule has 1 aromatic heterocycles. The number of carbonyl (C=O) groups is 1. The van der Waals surface area contributed by atoms with Crippen LogP contribution in [0.5, 0.6) is 0 Å². The maximum atomic E-state index is 12.6. The van der Waals surface area contributed by atoms with E-state index in [1.54, 1.807) is 24.3 Å². The molecule has 1 aromatic carbocycles. The first-order chi connectivity index (χ1) is 11.3. The fourth-order valence-electron chi connectivity index (χ4n) is 1.98. The predicted octanol–water partition coefficient (Wildman–Crippen LogP) is 3.09. The van der Waals surface area contributed by atoms with Crippen LogP contribution in [0.1, 0.15) is 11.4 Å². The van der Waals surface area contributed by atoms with Crippen LogP contribution in [-0.2, 0) is 17.5 Å². The average Bonchev–Trinajstić information content (AvgIpc) is 2.87. The van der Waals surface area contributed by atoms with Gasteiger partial charge in [0.15, 0.2) is 5.69 Å². The van der Waals surface area contributed by atoms with Gasteiger partial charge in [0, 0.05) is 29.5 Å². The number of nitrogens with zero attached hydrogens (tertiary/aromatic N) is 2. The van der Waals surface area contributed by atoms with E-state index in [-0.39, 0.29) is 12.2 Å². The van der Waals surface area contributed by atoms with E-state index in [4.69, 9.17) is 11.6 Å². The minimum Gasteiger partial charge on any atom is -0.383 e. The van der Waals surface area contributed by atoms with Gasteiger partial charge >= 0.3 is 6.18 Å². The Balaban J connectivity index is 1.77. The van der Waals surface area contributed by atoms with Crippen molar-refractivity contribution in [2.75, 3.05) is 18.4 Å². The Labute approximate surface area is 141 Å². The normalized spacial score (nSPS) is 11.4. The molecule has 1 heterocycles. The van der Waals surface area contributed by atoms with Crippen LogP contribution >= 0.6 is 11.6 Å². The molecule has 0 aliphatic carbocycles. The van der Waals surface area contributed by atoms with Gasteiger partial charge in [0.25, 0.3) is 0 Å². The average molecular weight is 361 g/mol. The number of hydrogen-bond acceptors (Lipinski definition) is 3. The molecule has 0 saturated heterocycles. The largest absolute Gasteiger partial charge is 0.435 e. The molecule has 5 nitrogen and oxygen atoms in total. The first kappa shape index (κ1) is 18.1. The molecule has 24 heavy (non-hydrogen) atoms. The molecular weight excluding hydrogens is 345 g/mol. The topological polar surface area (TPSA) is 59.0 Å². The molecule has 9 heteroatoms. The second-order valence-corrected chi connectivity index (χ2v) is 5.55. The second-order valence-electron chi connectivity index (χ2n) is 5.11. The molecule has 1 amide bonds. The zero-order valence-corrected chi connectivity index (χ0v) is 13.6. The zero-order valence-electron chi connectivity index (χ0n) is 12.8. The minimum atomic E-state index is -4.52. The van der Waals surface area contributed by atoms with Crippen LogP contribution in [0, 0.1) is 6.92 Å². The highest BCUT2D eigenvalue weighted by molar-refractivity contribution is 6.30. The Hall–Kier alpha value is -2.22. The molecule has 0 aliphatic rings. The lowest BCUT2D eigenvalue weighted by atomic mass is 10.3. The van der Waals surface area contributed by atoms with Gasteiger partial charge in [-0.05, 0) is 37.3 Å². The fraction of sp³-hybridized carbons (Fsp3) is 0.333. The number of aromatic nitrogens is 2. The standard InChI is InChI=1S/C15H16ClF3N4O/c1-10-8-13(15(17,18)19)22-23(10)9-14(24)21-7-6-20-12-4-2-11(16)3-5-12/h2-5,8,20H,6-7,9H2,1H3,(H,21,24). The summed E-state index contributed by atoms with van der Waals surface area (Å²) in [5.41, 5.74) is 0.125. The summed E-state index contributed by atoms with van der Waals surface area (Å²) in [7, 11) is 0. The molecular formula is C15H16ClF3N4O. The lowest BCUT2D eigenvalue weighted by Crippen LogP contribution is -2.32. The van der Waals surface area contributed by atoms with E-state index in [1.165, 1.54) is 6.92 Å². The Morgan fingerprint density at radius 1 is 1.25 bits per heavy atom. The lowest BCUT2D eigenvalue weighted by molar-refractivity contribution is -0.141. The van der Waals surface area contributed by atoms with Crippen molar-refractivity contribution in [3.63, 3.8) is 0 Å². The number of amides is 1. The third-order valence-corrected chi connectivity index (χ3v) is 3.44. The zero-order chi connectivity index (χ0) is 17.7. The molecule has 0 aliphatic heterocycles. The number of rotatable bonds is 6. The van der Waals surface area contributed by atoms with Crippen molar-refractivity contribution in [1.29, 1.82) is 0 Å². The SMILES string of the molecule is Cc1cc(C(F)(F)F)nn1CC(=O)NCCNc1ccc(Cl)cc1. The molecule has 0 fully saturated rings. The summed E-state index contributed by atoms with van der Waals surface area (Å²) in [4.78, 5) is 11.8. The predicted molar refractivity (Wildman–Crippen MR) is 84.9 cm³/mol. The van der Waals surface area contributed by atoms with Gasteiger partial charge < -0.3 is 10.6 Å². The molecule has 0 radical (unpaired) electrons. The van der Waals surface area contributed by atoms with E-state index in [1.807, 2.05) is 0 Å². The van der Waals surface area contributed by atoms with E-state index in [0.717, 1.165) is 16.4 Å². The van der Waals surface area contributed by atoms with E-state index in [2.05, 4.69) is 15.7 Å². The van der Waals surface area contributed by atoms with Gasteiger partial charge in [0.1, 0.15) is 6.54 Å². The van der Waals surface area contributed by atoms with E-state index >= 15 is 0 Å². The van der Waals surface area contributed by atoms with Gasteiger partial charge in [-0.25, -0.2) is 0 Å². The summed E-state index contributed by atoms with van der Waals surface area (Å²) in [6.07, 6.45) is -4.52. The summed E-state index contributed by atoms with van der Waals surface area (Å²) < 4.78 is 38.7. The Morgan fingerprint density at radius 3 is 2.50 bits per heavy atom. The number of alkyl halides is 3. The Bertz CT molecular complexity index is 698. The van der Waals surface area contributed by atoms with E-state index in [0.29, 0.717) is 18.1 Å². The molecule has 2 N–H and O–H groups in total. The van der Waals surface area contributed by atoms with Crippen molar-refractivity contribution in [3.05, 3.63) is 46.7 Å². The van der Waals surface area contributed by atoms with Gasteiger partial charge in [0.05, 0.1) is 0 Å². The lowest BCUT2D eigenvalue weighted by Gasteiger charge is -2.09. The second kappa shape index (κ2) is 7.57. The molecule has 0 unspecified atom stereocenters. The summed E-state index contributed by atoms with van der Waals surface area (Å²) in [5.74, 6) is -0.409. The van der Waals surface area contributed by atoms with Gasteiger partial charge in [-0.1, -0.05) is 11.6 Å². The Morgan fingerprint density at radius 2 is 1.92 bits per heavy atom. The summed E-state index contributed by atoms with van der Waals surface area (Å²) >= 11 is 5.77. The fourth-order valence-corrected chi connectivity index (χ4v) is 2.10.